The van der Waals surface area contributed by atoms with Crippen molar-refractivity contribution in [2.75, 3.05) is 30.9 Å². The summed E-state index contributed by atoms with van der Waals surface area (Å²) in [6.07, 6.45) is 3.79. The van der Waals surface area contributed by atoms with E-state index < -0.39 is 0 Å². The third kappa shape index (κ3) is 2.59. The van der Waals surface area contributed by atoms with Gasteiger partial charge in [-0.25, -0.2) is 9.97 Å². The Kier molecular flexibility index (Phi) is 3.55. The van der Waals surface area contributed by atoms with Gasteiger partial charge in [0, 0.05) is 30.4 Å². The van der Waals surface area contributed by atoms with Crippen LogP contribution < -0.4 is 10.6 Å². The Morgan fingerprint density at radius 3 is 2.57 bits per heavy atom. The number of hydrogen-bond donors (Lipinski definition) is 2. The van der Waals surface area contributed by atoms with Crippen LogP contribution >= 0.6 is 0 Å². The highest BCUT2D eigenvalue weighted by Gasteiger charge is 2.19. The standard InChI is InChI=1S/C18H18N4O/c1-19-18-16-9-20-17(22-13-10-23-11-13)7-14(16)15(8-21-18)12-5-3-2-4-6-12/h2-9,13H,10-11H2,1H3,(H,19,21)(H,20,22). The molecule has 1 saturated heterocycles. The summed E-state index contributed by atoms with van der Waals surface area (Å²) in [5.41, 5.74) is 2.26. The predicted octanol–water partition coefficient (Wildman–Crippen LogP) is 3.15. The highest BCUT2D eigenvalue weighted by atomic mass is 16.5. The number of fused-ring (bicyclic) bond motifs is 1. The normalized spacial score (nSPS) is 14.5. The van der Waals surface area contributed by atoms with Gasteiger partial charge in [0.25, 0.3) is 0 Å². The number of nitrogens with zero attached hydrogens (tertiary/aromatic N) is 2. The largest absolute Gasteiger partial charge is 0.377 e. The molecule has 1 aromatic carbocycles. The Morgan fingerprint density at radius 2 is 1.87 bits per heavy atom. The van der Waals surface area contributed by atoms with Crippen LogP contribution in [0.2, 0.25) is 0 Å². The van der Waals surface area contributed by atoms with E-state index in [1.807, 2.05) is 37.6 Å². The fraction of sp³-hybridized carbons (Fsp3) is 0.222. The number of pyridine rings is 2. The monoisotopic (exact) mass is 306 g/mol. The first-order valence-corrected chi connectivity index (χ1v) is 7.71. The van der Waals surface area contributed by atoms with Crippen LogP contribution in [0.25, 0.3) is 21.9 Å². The van der Waals surface area contributed by atoms with E-state index in [1.165, 1.54) is 0 Å². The number of benzene rings is 1. The van der Waals surface area contributed by atoms with Gasteiger partial charge in [0.15, 0.2) is 0 Å². The number of ether oxygens (including phenoxy) is 1. The van der Waals surface area contributed by atoms with E-state index >= 15 is 0 Å². The molecule has 3 heterocycles. The van der Waals surface area contributed by atoms with Crippen LogP contribution in [0, 0.1) is 0 Å². The second-order valence-corrected chi connectivity index (χ2v) is 5.63. The van der Waals surface area contributed by atoms with E-state index in [0.29, 0.717) is 6.04 Å². The van der Waals surface area contributed by atoms with E-state index in [9.17, 15) is 0 Å². The topological polar surface area (TPSA) is 59.1 Å². The zero-order chi connectivity index (χ0) is 15.6. The Balaban J connectivity index is 1.85. The molecule has 0 amide bonds. The van der Waals surface area contributed by atoms with Crippen molar-refractivity contribution in [3.63, 3.8) is 0 Å². The van der Waals surface area contributed by atoms with E-state index in [4.69, 9.17) is 4.74 Å². The van der Waals surface area contributed by atoms with Crippen molar-refractivity contribution < 1.29 is 4.74 Å². The number of aromatic nitrogens is 2. The zero-order valence-corrected chi connectivity index (χ0v) is 12.9. The van der Waals surface area contributed by atoms with Crippen molar-refractivity contribution in [3.05, 3.63) is 48.8 Å². The molecule has 0 bridgehead atoms. The molecular weight excluding hydrogens is 288 g/mol. The number of rotatable bonds is 4. The molecule has 4 rings (SSSR count). The van der Waals surface area contributed by atoms with E-state index in [1.54, 1.807) is 0 Å². The molecule has 3 aromatic rings. The van der Waals surface area contributed by atoms with Gasteiger partial charge in [-0.15, -0.1) is 0 Å². The van der Waals surface area contributed by atoms with Crippen molar-refractivity contribution in [2.24, 2.45) is 0 Å². The summed E-state index contributed by atoms with van der Waals surface area (Å²) in [6.45, 7) is 1.48. The first-order chi connectivity index (χ1) is 11.3. The molecule has 2 N–H and O–H groups in total. The first kappa shape index (κ1) is 14.0. The molecule has 0 aliphatic carbocycles. The zero-order valence-electron chi connectivity index (χ0n) is 12.9. The van der Waals surface area contributed by atoms with Gasteiger partial charge in [0.2, 0.25) is 0 Å². The summed E-state index contributed by atoms with van der Waals surface area (Å²) in [7, 11) is 1.88. The quantitative estimate of drug-likeness (QED) is 0.775. The average Bonchev–Trinajstić information content (AvgIpc) is 2.57. The Labute approximate surface area is 134 Å². The maximum Gasteiger partial charge on any atom is 0.135 e. The molecule has 0 radical (unpaired) electrons. The fourth-order valence-electron chi connectivity index (χ4n) is 2.79. The van der Waals surface area contributed by atoms with Gasteiger partial charge in [-0.2, -0.15) is 0 Å². The van der Waals surface area contributed by atoms with E-state index in [2.05, 4.69) is 38.8 Å². The molecule has 1 aliphatic rings. The molecule has 1 fully saturated rings. The molecule has 0 saturated carbocycles. The minimum atomic E-state index is 0.353. The van der Waals surface area contributed by atoms with Crippen molar-refractivity contribution in [1.82, 2.24) is 9.97 Å². The number of hydrogen-bond acceptors (Lipinski definition) is 5. The summed E-state index contributed by atoms with van der Waals surface area (Å²) < 4.78 is 5.21. The van der Waals surface area contributed by atoms with Gasteiger partial charge in [-0.1, -0.05) is 30.3 Å². The van der Waals surface area contributed by atoms with Gasteiger partial charge >= 0.3 is 0 Å². The lowest BCUT2D eigenvalue weighted by Crippen LogP contribution is -2.40. The van der Waals surface area contributed by atoms with Gasteiger partial charge < -0.3 is 15.4 Å². The molecule has 5 heteroatoms. The predicted molar refractivity (Wildman–Crippen MR) is 92.8 cm³/mol. The van der Waals surface area contributed by atoms with Crippen LogP contribution in [0.5, 0.6) is 0 Å². The minimum absolute atomic E-state index is 0.353. The molecule has 0 spiro atoms. The summed E-state index contributed by atoms with van der Waals surface area (Å²) in [4.78, 5) is 9.05. The molecule has 5 nitrogen and oxygen atoms in total. The van der Waals surface area contributed by atoms with E-state index in [0.717, 1.165) is 46.7 Å². The Bertz CT molecular complexity index is 831. The van der Waals surface area contributed by atoms with Crippen molar-refractivity contribution in [2.45, 2.75) is 6.04 Å². The minimum Gasteiger partial charge on any atom is -0.377 e. The van der Waals surface area contributed by atoms with Crippen LogP contribution in [0.15, 0.2) is 48.8 Å². The maximum atomic E-state index is 5.21. The third-order valence-corrected chi connectivity index (χ3v) is 4.08. The van der Waals surface area contributed by atoms with Crippen molar-refractivity contribution in [3.8, 4) is 11.1 Å². The van der Waals surface area contributed by atoms with Crippen LogP contribution in [-0.2, 0) is 4.74 Å². The molecule has 116 valence electrons. The van der Waals surface area contributed by atoms with E-state index in [-0.39, 0.29) is 0 Å². The summed E-state index contributed by atoms with van der Waals surface area (Å²) in [5.74, 6) is 1.71. The Hall–Kier alpha value is -2.66. The van der Waals surface area contributed by atoms with Gasteiger partial charge in [0.1, 0.15) is 11.6 Å². The highest BCUT2D eigenvalue weighted by Crippen LogP contribution is 2.32. The van der Waals surface area contributed by atoms with Crippen LogP contribution in [0.4, 0.5) is 11.6 Å². The lowest BCUT2D eigenvalue weighted by atomic mass is 10.0. The first-order valence-electron chi connectivity index (χ1n) is 7.71. The maximum absolute atomic E-state index is 5.21. The smallest absolute Gasteiger partial charge is 0.135 e. The van der Waals surface area contributed by atoms with Gasteiger partial charge in [-0.3, -0.25) is 0 Å². The highest BCUT2D eigenvalue weighted by molar-refractivity contribution is 6.02. The van der Waals surface area contributed by atoms with Crippen molar-refractivity contribution in [1.29, 1.82) is 0 Å². The SMILES string of the molecule is CNc1ncc(-c2ccccc2)c2cc(NC3COC3)ncc12. The fourth-order valence-corrected chi connectivity index (χ4v) is 2.79. The van der Waals surface area contributed by atoms with Crippen LogP contribution in [0.1, 0.15) is 0 Å². The van der Waals surface area contributed by atoms with Gasteiger partial charge in [-0.05, 0) is 17.0 Å². The summed E-state index contributed by atoms with van der Waals surface area (Å²) in [5, 5.41) is 8.70. The molecule has 23 heavy (non-hydrogen) atoms. The molecule has 0 atom stereocenters. The number of nitrogens with one attached hydrogen (secondary N) is 2. The lowest BCUT2D eigenvalue weighted by Gasteiger charge is -2.27. The lowest BCUT2D eigenvalue weighted by molar-refractivity contribution is 0.0209. The Morgan fingerprint density at radius 1 is 1.04 bits per heavy atom. The second-order valence-electron chi connectivity index (χ2n) is 5.63. The summed E-state index contributed by atoms with van der Waals surface area (Å²) >= 11 is 0. The van der Waals surface area contributed by atoms with Crippen molar-refractivity contribution >= 4 is 22.4 Å². The number of anilines is 2. The molecule has 1 aliphatic heterocycles. The third-order valence-electron chi connectivity index (χ3n) is 4.08. The molecular formula is C18H18N4O. The average molecular weight is 306 g/mol. The second kappa shape index (κ2) is 5.85. The molecule has 0 unspecified atom stereocenters. The van der Waals surface area contributed by atoms with Crippen LogP contribution in [0.3, 0.4) is 0 Å². The molecule has 2 aromatic heterocycles. The van der Waals surface area contributed by atoms with Crippen LogP contribution in [-0.4, -0.2) is 36.3 Å². The van der Waals surface area contributed by atoms with Gasteiger partial charge in [0.05, 0.1) is 19.3 Å². The summed E-state index contributed by atoms with van der Waals surface area (Å²) in [6, 6.07) is 12.8.